The number of amides is 1. The molecule has 1 aliphatic rings. The summed E-state index contributed by atoms with van der Waals surface area (Å²) in [7, 11) is -3.63. The van der Waals surface area contributed by atoms with E-state index < -0.39 is 33.7 Å². The zero-order valence-corrected chi connectivity index (χ0v) is 11.9. The van der Waals surface area contributed by atoms with Crippen LogP contribution < -0.4 is 4.90 Å². The molecule has 1 aromatic carbocycles. The molecule has 114 valence electrons. The molecule has 0 aromatic heterocycles. The van der Waals surface area contributed by atoms with Gasteiger partial charge in [0, 0.05) is 5.41 Å². The molecular weight excluding hydrogens is 331 g/mol. The number of carbonyl (C=O) groups excluding carboxylic acids is 1. The Balaban J connectivity index is 2.49. The van der Waals surface area contributed by atoms with Gasteiger partial charge in [-0.15, -0.1) is 0 Å². The van der Waals surface area contributed by atoms with Gasteiger partial charge in [0.2, 0.25) is 0 Å². The largest absolute Gasteiger partial charge is 0.471 e. The lowest BCUT2D eigenvalue weighted by molar-refractivity contribution is -0.170. The number of halogens is 4. The van der Waals surface area contributed by atoms with Gasteiger partial charge in [-0.25, -0.2) is 8.42 Å². The van der Waals surface area contributed by atoms with Crippen molar-refractivity contribution in [2.45, 2.75) is 12.2 Å². The zero-order chi connectivity index (χ0) is 15.8. The number of nitrogens with zero attached hydrogens (tertiary/aromatic N) is 1. The molecule has 2 rings (SSSR count). The number of hydrogen-bond donors (Lipinski definition) is 0. The fraction of sp³-hybridized carbons (Fsp3) is 0.250. The number of rotatable bonds is 2. The summed E-state index contributed by atoms with van der Waals surface area (Å²) in [6.45, 7) is 0. The van der Waals surface area contributed by atoms with Crippen molar-refractivity contribution in [3.8, 4) is 0 Å². The van der Waals surface area contributed by atoms with Gasteiger partial charge in [-0.1, -0.05) is 23.7 Å². The van der Waals surface area contributed by atoms with E-state index in [1.807, 2.05) is 0 Å². The fourth-order valence-electron chi connectivity index (χ4n) is 1.94. The molecule has 0 spiro atoms. The van der Waals surface area contributed by atoms with E-state index >= 15 is 0 Å². The van der Waals surface area contributed by atoms with Crippen LogP contribution in [0.25, 0.3) is 0 Å². The maximum atomic E-state index is 12.8. The quantitative estimate of drug-likeness (QED) is 0.832. The first-order valence-electron chi connectivity index (χ1n) is 5.68. The predicted molar refractivity (Wildman–Crippen MR) is 71.7 cm³/mol. The smallest absolute Gasteiger partial charge is 0.295 e. The summed E-state index contributed by atoms with van der Waals surface area (Å²) in [4.78, 5) is 12.0. The Morgan fingerprint density at radius 1 is 1.29 bits per heavy atom. The molecule has 0 N–H and O–H groups in total. The van der Waals surface area contributed by atoms with Gasteiger partial charge in [0.05, 0.1) is 22.5 Å². The first-order chi connectivity index (χ1) is 9.62. The van der Waals surface area contributed by atoms with E-state index in [1.54, 1.807) is 0 Å². The number of anilines is 1. The maximum absolute atomic E-state index is 12.8. The molecule has 0 unspecified atom stereocenters. The molecule has 1 heterocycles. The number of hydrogen-bond acceptors (Lipinski definition) is 3. The first kappa shape index (κ1) is 15.8. The molecule has 0 aliphatic carbocycles. The van der Waals surface area contributed by atoms with Crippen LogP contribution >= 0.6 is 11.6 Å². The monoisotopic (exact) mass is 339 g/mol. The van der Waals surface area contributed by atoms with Gasteiger partial charge in [-0.05, 0) is 18.2 Å². The minimum Gasteiger partial charge on any atom is -0.295 e. The van der Waals surface area contributed by atoms with E-state index in [1.165, 1.54) is 24.3 Å². The van der Waals surface area contributed by atoms with E-state index in [4.69, 9.17) is 11.6 Å². The van der Waals surface area contributed by atoms with Crippen molar-refractivity contribution in [1.29, 1.82) is 0 Å². The van der Waals surface area contributed by atoms with Gasteiger partial charge in [0.25, 0.3) is 0 Å². The van der Waals surface area contributed by atoms with Crippen molar-refractivity contribution in [3.05, 3.63) is 40.8 Å². The van der Waals surface area contributed by atoms with Gasteiger partial charge in [0.1, 0.15) is 0 Å². The number of sulfone groups is 1. The van der Waals surface area contributed by atoms with Crippen LogP contribution in [-0.2, 0) is 14.6 Å². The van der Waals surface area contributed by atoms with Crippen LogP contribution in [0.3, 0.4) is 0 Å². The highest BCUT2D eigenvalue weighted by Gasteiger charge is 2.46. The van der Waals surface area contributed by atoms with Crippen LogP contribution in [0.5, 0.6) is 0 Å². The van der Waals surface area contributed by atoms with Crippen LogP contribution in [0.15, 0.2) is 35.7 Å². The lowest BCUT2D eigenvalue weighted by atomic mass is 10.2. The molecule has 1 atom stereocenters. The van der Waals surface area contributed by atoms with Crippen LogP contribution in [0.2, 0.25) is 5.02 Å². The Morgan fingerprint density at radius 3 is 2.38 bits per heavy atom. The van der Waals surface area contributed by atoms with Gasteiger partial charge < -0.3 is 0 Å². The standard InChI is InChI=1S/C12H9ClF3NO3S/c13-9-3-1-2-4-10(9)17(11(18)12(14,15)16)8-5-6-21(19,20)7-8/h1-6,8H,7H2/t8-/m0/s1. The normalized spacial score (nSPS) is 20.5. The van der Waals surface area contributed by atoms with Crippen LogP contribution in [0, 0.1) is 0 Å². The van der Waals surface area contributed by atoms with Crippen molar-refractivity contribution in [3.63, 3.8) is 0 Å². The lowest BCUT2D eigenvalue weighted by Gasteiger charge is -2.29. The highest BCUT2D eigenvalue weighted by atomic mass is 35.5. The molecule has 4 nitrogen and oxygen atoms in total. The third-order valence-corrected chi connectivity index (χ3v) is 4.51. The van der Waals surface area contributed by atoms with Gasteiger partial charge in [-0.2, -0.15) is 13.2 Å². The summed E-state index contributed by atoms with van der Waals surface area (Å²) >= 11 is 5.83. The predicted octanol–water partition coefficient (Wildman–Crippen LogP) is 2.55. The Morgan fingerprint density at radius 2 is 1.90 bits per heavy atom. The average molecular weight is 340 g/mol. The molecule has 0 radical (unpaired) electrons. The first-order valence-corrected chi connectivity index (χ1v) is 7.77. The van der Waals surface area contributed by atoms with E-state index in [0.29, 0.717) is 4.90 Å². The minimum absolute atomic E-state index is 0.0761. The summed E-state index contributed by atoms with van der Waals surface area (Å²) in [6.07, 6.45) is -4.10. The Hall–Kier alpha value is -1.54. The van der Waals surface area contributed by atoms with Crippen LogP contribution in [-0.4, -0.2) is 32.3 Å². The van der Waals surface area contributed by atoms with E-state index in [2.05, 4.69) is 0 Å². The third-order valence-electron chi connectivity index (χ3n) is 2.82. The van der Waals surface area contributed by atoms with Gasteiger partial charge in [0.15, 0.2) is 9.84 Å². The third kappa shape index (κ3) is 3.38. The molecule has 0 saturated heterocycles. The minimum atomic E-state index is -5.14. The average Bonchev–Trinajstić information content (AvgIpc) is 2.71. The summed E-state index contributed by atoms with van der Waals surface area (Å²) in [5.41, 5.74) is -0.187. The summed E-state index contributed by atoms with van der Waals surface area (Å²) in [5.74, 6) is -2.78. The lowest BCUT2D eigenvalue weighted by Crippen LogP contribution is -2.48. The van der Waals surface area contributed by atoms with Crippen molar-refractivity contribution in [1.82, 2.24) is 0 Å². The molecule has 21 heavy (non-hydrogen) atoms. The maximum Gasteiger partial charge on any atom is 0.471 e. The summed E-state index contributed by atoms with van der Waals surface area (Å²) in [5, 5.41) is 0.721. The van der Waals surface area contributed by atoms with E-state index in [0.717, 1.165) is 11.5 Å². The molecular formula is C12H9ClF3NO3S. The van der Waals surface area contributed by atoms with E-state index in [-0.39, 0.29) is 10.7 Å². The fourth-order valence-corrected chi connectivity index (χ4v) is 3.44. The Kier molecular flexibility index (Phi) is 4.03. The number of alkyl halides is 3. The van der Waals surface area contributed by atoms with Crippen LogP contribution in [0.1, 0.15) is 0 Å². The van der Waals surface area contributed by atoms with Crippen LogP contribution in [0.4, 0.5) is 18.9 Å². The second kappa shape index (κ2) is 5.34. The molecule has 0 saturated carbocycles. The van der Waals surface area contributed by atoms with Gasteiger partial charge in [-0.3, -0.25) is 9.69 Å². The van der Waals surface area contributed by atoms with Crippen molar-refractivity contribution in [2.24, 2.45) is 0 Å². The van der Waals surface area contributed by atoms with E-state index in [9.17, 15) is 26.4 Å². The Bertz CT molecular complexity index is 700. The summed E-state index contributed by atoms with van der Waals surface area (Å²) in [6, 6.07) is 4.20. The van der Waals surface area contributed by atoms with Crippen molar-refractivity contribution >= 4 is 33.0 Å². The zero-order valence-electron chi connectivity index (χ0n) is 10.3. The molecule has 0 fully saturated rings. The second-order valence-electron chi connectivity index (χ2n) is 4.35. The SMILES string of the molecule is O=C(N(c1ccccc1Cl)[C@H]1C=CS(=O)(=O)C1)C(F)(F)F. The molecule has 1 amide bonds. The number of carbonyl (C=O) groups is 1. The molecule has 0 bridgehead atoms. The second-order valence-corrected chi connectivity index (χ2v) is 6.69. The van der Waals surface area contributed by atoms with Gasteiger partial charge >= 0.3 is 12.1 Å². The molecule has 9 heteroatoms. The van der Waals surface area contributed by atoms with Crippen molar-refractivity contribution in [2.75, 3.05) is 10.7 Å². The summed E-state index contributed by atoms with van der Waals surface area (Å²) < 4.78 is 61.1. The topological polar surface area (TPSA) is 54.5 Å². The molecule has 1 aromatic rings. The highest BCUT2D eigenvalue weighted by molar-refractivity contribution is 7.94. The number of benzene rings is 1. The van der Waals surface area contributed by atoms with Crippen molar-refractivity contribution < 1.29 is 26.4 Å². The highest BCUT2D eigenvalue weighted by Crippen LogP contribution is 2.33. The number of para-hydroxylation sites is 1. The molecule has 1 aliphatic heterocycles. The Labute approximate surface area is 123 Å².